The van der Waals surface area contributed by atoms with E-state index in [-0.39, 0.29) is 0 Å². The van der Waals surface area contributed by atoms with Gasteiger partial charge in [-0.05, 0) is 55.1 Å². The topological polar surface area (TPSA) is 17.0 Å². The summed E-state index contributed by atoms with van der Waals surface area (Å²) in [5, 5.41) is 3.52. The Labute approximate surface area is 122 Å². The van der Waals surface area contributed by atoms with Crippen LogP contribution < -0.4 is 5.32 Å². The number of nitrogens with zero attached hydrogens (tertiary/aromatic N) is 1. The Bertz CT molecular complexity index is 532. The summed E-state index contributed by atoms with van der Waals surface area (Å²) in [6.07, 6.45) is 2.18. The van der Waals surface area contributed by atoms with Crippen molar-refractivity contribution in [2.45, 2.75) is 40.8 Å². The summed E-state index contributed by atoms with van der Waals surface area (Å²) in [5.74, 6) is 0.692. The third-order valence-corrected chi connectivity index (χ3v) is 3.76. The van der Waals surface area contributed by atoms with Crippen LogP contribution in [0.3, 0.4) is 0 Å². The molecular weight excluding hydrogens is 244 g/mol. The SMILES string of the molecule is Cc1cccc(C)c1Cn1cccc1CNCC(C)C. The zero-order chi connectivity index (χ0) is 14.5. The number of benzene rings is 1. The highest BCUT2D eigenvalue weighted by Gasteiger charge is 2.06. The van der Waals surface area contributed by atoms with Gasteiger partial charge in [0.1, 0.15) is 0 Å². The molecule has 0 bridgehead atoms. The molecule has 0 aliphatic heterocycles. The minimum absolute atomic E-state index is 0.692. The molecule has 0 spiro atoms. The molecule has 20 heavy (non-hydrogen) atoms. The van der Waals surface area contributed by atoms with Crippen LogP contribution in [-0.4, -0.2) is 11.1 Å². The molecule has 1 aromatic carbocycles. The normalized spacial score (nSPS) is 11.2. The fourth-order valence-corrected chi connectivity index (χ4v) is 2.52. The monoisotopic (exact) mass is 270 g/mol. The molecule has 0 atom stereocenters. The first-order valence-electron chi connectivity index (χ1n) is 7.47. The summed E-state index contributed by atoms with van der Waals surface area (Å²) in [7, 11) is 0. The first-order chi connectivity index (χ1) is 9.58. The Morgan fingerprint density at radius 1 is 1.05 bits per heavy atom. The van der Waals surface area contributed by atoms with Crippen molar-refractivity contribution in [3.05, 3.63) is 58.9 Å². The van der Waals surface area contributed by atoms with Crippen LogP contribution in [0.25, 0.3) is 0 Å². The van der Waals surface area contributed by atoms with E-state index in [0.29, 0.717) is 5.92 Å². The molecule has 0 radical (unpaired) electrons. The van der Waals surface area contributed by atoms with Crippen LogP contribution in [0.2, 0.25) is 0 Å². The average Bonchev–Trinajstić information content (AvgIpc) is 2.81. The smallest absolute Gasteiger partial charge is 0.0478 e. The molecule has 1 aromatic heterocycles. The molecule has 108 valence electrons. The highest BCUT2D eigenvalue weighted by molar-refractivity contribution is 5.34. The molecule has 2 heteroatoms. The fourth-order valence-electron chi connectivity index (χ4n) is 2.52. The van der Waals surface area contributed by atoms with E-state index in [2.05, 4.69) is 74.1 Å². The highest BCUT2D eigenvalue weighted by atomic mass is 15.0. The lowest BCUT2D eigenvalue weighted by Crippen LogP contribution is -2.21. The number of hydrogen-bond donors (Lipinski definition) is 1. The van der Waals surface area contributed by atoms with Crippen LogP contribution >= 0.6 is 0 Å². The van der Waals surface area contributed by atoms with Crippen molar-refractivity contribution in [3.63, 3.8) is 0 Å². The summed E-state index contributed by atoms with van der Waals surface area (Å²) < 4.78 is 2.35. The van der Waals surface area contributed by atoms with E-state index in [0.717, 1.165) is 19.6 Å². The molecule has 1 N–H and O–H groups in total. The lowest BCUT2D eigenvalue weighted by molar-refractivity contribution is 0.539. The van der Waals surface area contributed by atoms with Crippen molar-refractivity contribution in [1.82, 2.24) is 9.88 Å². The van der Waals surface area contributed by atoms with Gasteiger partial charge >= 0.3 is 0 Å². The van der Waals surface area contributed by atoms with E-state index < -0.39 is 0 Å². The Kier molecular flexibility index (Phi) is 5.02. The minimum atomic E-state index is 0.692. The molecule has 0 saturated carbocycles. The third-order valence-electron chi connectivity index (χ3n) is 3.76. The molecule has 1 heterocycles. The molecule has 0 unspecified atom stereocenters. The van der Waals surface area contributed by atoms with Crippen LogP contribution in [0.15, 0.2) is 36.5 Å². The third kappa shape index (κ3) is 3.73. The van der Waals surface area contributed by atoms with Gasteiger partial charge in [0.05, 0.1) is 0 Å². The van der Waals surface area contributed by atoms with E-state index in [9.17, 15) is 0 Å². The van der Waals surface area contributed by atoms with Gasteiger partial charge in [-0.15, -0.1) is 0 Å². The lowest BCUT2D eigenvalue weighted by atomic mass is 10.0. The number of aromatic nitrogens is 1. The van der Waals surface area contributed by atoms with E-state index in [1.165, 1.54) is 22.4 Å². The van der Waals surface area contributed by atoms with Gasteiger partial charge in [0, 0.05) is 25.0 Å². The zero-order valence-electron chi connectivity index (χ0n) is 13.1. The van der Waals surface area contributed by atoms with Crippen molar-refractivity contribution in [2.24, 2.45) is 5.92 Å². The molecule has 0 fully saturated rings. The van der Waals surface area contributed by atoms with Gasteiger partial charge in [0.15, 0.2) is 0 Å². The number of hydrogen-bond acceptors (Lipinski definition) is 1. The van der Waals surface area contributed by atoms with Crippen LogP contribution in [-0.2, 0) is 13.1 Å². The highest BCUT2D eigenvalue weighted by Crippen LogP contribution is 2.16. The van der Waals surface area contributed by atoms with Crippen LogP contribution in [0, 0.1) is 19.8 Å². The standard InChI is InChI=1S/C18H26N2/c1-14(2)11-19-12-17-9-6-10-20(17)13-18-15(3)7-5-8-16(18)4/h5-10,14,19H,11-13H2,1-4H3. The van der Waals surface area contributed by atoms with Crippen LogP contribution in [0.5, 0.6) is 0 Å². The predicted octanol–water partition coefficient (Wildman–Crippen LogP) is 3.90. The van der Waals surface area contributed by atoms with Gasteiger partial charge in [-0.2, -0.15) is 0 Å². The second-order valence-electron chi connectivity index (χ2n) is 6.02. The van der Waals surface area contributed by atoms with E-state index in [4.69, 9.17) is 0 Å². The van der Waals surface area contributed by atoms with Crippen molar-refractivity contribution in [2.75, 3.05) is 6.54 Å². The number of nitrogens with one attached hydrogen (secondary N) is 1. The molecule has 2 rings (SSSR count). The summed E-state index contributed by atoms with van der Waals surface area (Å²) >= 11 is 0. The summed E-state index contributed by atoms with van der Waals surface area (Å²) in [6.45, 7) is 11.8. The fraction of sp³-hybridized carbons (Fsp3) is 0.444. The van der Waals surface area contributed by atoms with Crippen molar-refractivity contribution < 1.29 is 0 Å². The Morgan fingerprint density at radius 3 is 2.40 bits per heavy atom. The molecule has 0 aliphatic rings. The van der Waals surface area contributed by atoms with Gasteiger partial charge in [0.2, 0.25) is 0 Å². The first kappa shape index (κ1) is 14.9. The summed E-state index contributed by atoms with van der Waals surface area (Å²) in [5.41, 5.74) is 5.54. The quantitative estimate of drug-likeness (QED) is 0.842. The molecule has 0 aliphatic carbocycles. The van der Waals surface area contributed by atoms with Crippen molar-refractivity contribution >= 4 is 0 Å². The zero-order valence-corrected chi connectivity index (χ0v) is 13.1. The minimum Gasteiger partial charge on any atom is -0.346 e. The molecule has 0 amide bonds. The molecular formula is C18H26N2. The van der Waals surface area contributed by atoms with Crippen LogP contribution in [0.1, 0.15) is 36.2 Å². The van der Waals surface area contributed by atoms with E-state index in [1.54, 1.807) is 0 Å². The predicted molar refractivity (Wildman–Crippen MR) is 86.0 cm³/mol. The summed E-state index contributed by atoms with van der Waals surface area (Å²) in [6, 6.07) is 10.9. The summed E-state index contributed by atoms with van der Waals surface area (Å²) in [4.78, 5) is 0. The van der Waals surface area contributed by atoms with Gasteiger partial charge in [-0.3, -0.25) is 0 Å². The Morgan fingerprint density at radius 2 is 1.75 bits per heavy atom. The van der Waals surface area contributed by atoms with Crippen molar-refractivity contribution in [1.29, 1.82) is 0 Å². The Balaban J connectivity index is 2.09. The average molecular weight is 270 g/mol. The van der Waals surface area contributed by atoms with Gasteiger partial charge in [-0.25, -0.2) is 0 Å². The Hall–Kier alpha value is -1.54. The largest absolute Gasteiger partial charge is 0.346 e. The van der Waals surface area contributed by atoms with Gasteiger partial charge in [0.25, 0.3) is 0 Å². The van der Waals surface area contributed by atoms with Gasteiger partial charge in [-0.1, -0.05) is 32.0 Å². The number of aryl methyl sites for hydroxylation is 2. The second kappa shape index (κ2) is 6.76. The lowest BCUT2D eigenvalue weighted by Gasteiger charge is -2.14. The number of rotatable bonds is 6. The molecule has 2 nitrogen and oxygen atoms in total. The first-order valence-corrected chi connectivity index (χ1v) is 7.47. The van der Waals surface area contributed by atoms with E-state index in [1.807, 2.05) is 0 Å². The molecule has 2 aromatic rings. The second-order valence-corrected chi connectivity index (χ2v) is 6.02. The molecule has 0 saturated heterocycles. The maximum atomic E-state index is 3.52. The maximum absolute atomic E-state index is 3.52. The maximum Gasteiger partial charge on any atom is 0.0478 e. The van der Waals surface area contributed by atoms with Crippen LogP contribution in [0.4, 0.5) is 0 Å². The van der Waals surface area contributed by atoms with Crippen molar-refractivity contribution in [3.8, 4) is 0 Å². The van der Waals surface area contributed by atoms with E-state index >= 15 is 0 Å². The van der Waals surface area contributed by atoms with Gasteiger partial charge < -0.3 is 9.88 Å².